The molecule has 1 heterocycles. The first-order valence-electron chi connectivity index (χ1n) is 6.08. The van der Waals surface area contributed by atoms with Crippen LogP contribution in [0.25, 0.3) is 0 Å². The average molecular weight is 248 g/mol. The molecule has 0 aromatic heterocycles. The molecule has 0 aliphatic carbocycles. The highest BCUT2D eigenvalue weighted by Crippen LogP contribution is 2.30. The number of quaternary nitrogens is 1. The highest BCUT2D eigenvalue weighted by atomic mass is 28.4. The van der Waals surface area contributed by atoms with Crippen molar-refractivity contribution in [3.8, 4) is 0 Å². The van der Waals surface area contributed by atoms with E-state index in [1.807, 2.05) is 0 Å². The monoisotopic (exact) mass is 248 g/mol. The number of hydrogen-bond donors (Lipinski definition) is 0. The van der Waals surface area contributed by atoms with E-state index in [9.17, 15) is 0 Å². The van der Waals surface area contributed by atoms with E-state index in [0.717, 1.165) is 10.9 Å². The zero-order valence-corrected chi connectivity index (χ0v) is 12.3. The number of hydrogen-bond acceptors (Lipinski definition) is 3. The van der Waals surface area contributed by atoms with Gasteiger partial charge in [-0.05, 0) is 0 Å². The van der Waals surface area contributed by atoms with Crippen molar-refractivity contribution in [2.45, 2.75) is 31.9 Å². The molecule has 0 saturated carbocycles. The van der Waals surface area contributed by atoms with Crippen LogP contribution in [0.3, 0.4) is 0 Å². The second-order valence-corrected chi connectivity index (χ2v) is 7.87. The predicted molar refractivity (Wildman–Crippen MR) is 66.0 cm³/mol. The van der Waals surface area contributed by atoms with Crippen LogP contribution in [0.2, 0.25) is 0 Å². The minimum atomic E-state index is -2.51. The number of nitrogens with zero attached hydrogens (tertiary/aromatic N) is 1. The van der Waals surface area contributed by atoms with Crippen molar-refractivity contribution in [2.75, 3.05) is 41.5 Å². The quantitative estimate of drug-likeness (QED) is 0.526. The lowest BCUT2D eigenvalue weighted by Crippen LogP contribution is -2.67. The van der Waals surface area contributed by atoms with Gasteiger partial charge in [-0.2, -0.15) is 0 Å². The van der Waals surface area contributed by atoms with Crippen LogP contribution in [0, 0.1) is 0 Å². The summed E-state index contributed by atoms with van der Waals surface area (Å²) in [4.78, 5) is 0. The summed E-state index contributed by atoms with van der Waals surface area (Å²) in [5, 5.41) is 0. The maximum Gasteiger partial charge on any atom is 0.561 e. The number of rotatable bonds is 6. The van der Waals surface area contributed by atoms with Crippen LogP contribution >= 0.6 is 0 Å². The van der Waals surface area contributed by atoms with Crippen molar-refractivity contribution in [3.63, 3.8) is 0 Å². The molecule has 1 unspecified atom stereocenters. The van der Waals surface area contributed by atoms with Gasteiger partial charge in [0.1, 0.15) is 0 Å². The third-order valence-electron chi connectivity index (χ3n) is 3.99. The van der Waals surface area contributed by atoms with Gasteiger partial charge in [0, 0.05) is 40.6 Å². The van der Waals surface area contributed by atoms with E-state index >= 15 is 0 Å². The van der Waals surface area contributed by atoms with E-state index in [0.29, 0.717) is 5.67 Å². The first kappa shape index (κ1) is 14.1. The molecule has 1 fully saturated rings. The Balaban J connectivity index is 2.94. The van der Waals surface area contributed by atoms with Gasteiger partial charge < -0.3 is 17.8 Å². The molecule has 5 heteroatoms. The summed E-state index contributed by atoms with van der Waals surface area (Å²) in [5.41, 5.74) is 0.356. The van der Waals surface area contributed by atoms with Crippen LogP contribution in [0.15, 0.2) is 0 Å². The van der Waals surface area contributed by atoms with Crippen molar-refractivity contribution in [3.05, 3.63) is 0 Å². The minimum Gasteiger partial charge on any atom is -0.373 e. The molecule has 0 bridgehead atoms. The molecule has 1 atom stereocenters. The molecule has 0 amide bonds. The molecule has 0 aromatic carbocycles. The van der Waals surface area contributed by atoms with Gasteiger partial charge >= 0.3 is 8.80 Å². The van der Waals surface area contributed by atoms with Crippen molar-refractivity contribution < 1.29 is 17.8 Å². The minimum absolute atomic E-state index is 0.356. The average Bonchev–Trinajstić information content (AvgIpc) is 2.74. The second kappa shape index (κ2) is 5.60. The number of likely N-dealkylation sites (tertiary alicyclic amines) is 1. The molecular formula is C11H26NO3Si+. The fraction of sp³-hybridized carbons (Fsp3) is 1.00. The van der Waals surface area contributed by atoms with Crippen molar-refractivity contribution in [1.29, 1.82) is 0 Å². The second-order valence-electron chi connectivity index (χ2n) is 4.77. The molecular weight excluding hydrogens is 222 g/mol. The summed E-state index contributed by atoms with van der Waals surface area (Å²) in [6.45, 7) is 4.62. The van der Waals surface area contributed by atoms with Gasteiger partial charge in [0.25, 0.3) is 0 Å². The zero-order chi connectivity index (χ0) is 12.2. The summed E-state index contributed by atoms with van der Waals surface area (Å²) in [5.74, 6) is 0. The van der Waals surface area contributed by atoms with Crippen LogP contribution in [-0.4, -0.2) is 60.4 Å². The SMILES string of the molecule is CCC([N+]1(C)CCCC1)[Si](OC)(OC)OC. The van der Waals surface area contributed by atoms with Crippen LogP contribution in [0.5, 0.6) is 0 Å². The summed E-state index contributed by atoms with van der Waals surface area (Å²) < 4.78 is 18.0. The summed E-state index contributed by atoms with van der Waals surface area (Å²) >= 11 is 0. The van der Waals surface area contributed by atoms with E-state index in [2.05, 4.69) is 14.0 Å². The summed E-state index contributed by atoms with van der Waals surface area (Å²) in [6, 6.07) is 0. The van der Waals surface area contributed by atoms with Crippen molar-refractivity contribution >= 4 is 8.80 Å². The van der Waals surface area contributed by atoms with Gasteiger partial charge in [-0.3, -0.25) is 0 Å². The third kappa shape index (κ3) is 2.33. The lowest BCUT2D eigenvalue weighted by atomic mass is 10.3. The van der Waals surface area contributed by atoms with Gasteiger partial charge in [-0.25, -0.2) is 0 Å². The smallest absolute Gasteiger partial charge is 0.373 e. The van der Waals surface area contributed by atoms with Gasteiger partial charge in [-0.15, -0.1) is 0 Å². The summed E-state index contributed by atoms with van der Waals surface area (Å²) in [7, 11) is 4.93. The lowest BCUT2D eigenvalue weighted by Gasteiger charge is -2.43. The highest BCUT2D eigenvalue weighted by molar-refractivity contribution is 6.62. The van der Waals surface area contributed by atoms with Gasteiger partial charge in [0.05, 0.1) is 20.1 Å². The molecule has 1 aliphatic rings. The molecule has 0 spiro atoms. The summed E-state index contributed by atoms with van der Waals surface area (Å²) in [6.07, 6.45) is 3.64. The standard InChI is InChI=1S/C11H26NO3Si/c1-6-11(12(2)9-7-8-10-12)16(13-3,14-4)15-5/h11H,6-10H2,1-5H3/q+1. The molecule has 1 saturated heterocycles. The molecule has 96 valence electrons. The molecule has 0 N–H and O–H groups in total. The van der Waals surface area contributed by atoms with E-state index < -0.39 is 8.80 Å². The van der Waals surface area contributed by atoms with Gasteiger partial charge in [0.2, 0.25) is 0 Å². The Morgan fingerprint density at radius 1 is 1.06 bits per heavy atom. The fourth-order valence-corrected chi connectivity index (χ4v) is 5.94. The normalized spacial score (nSPS) is 22.3. The van der Waals surface area contributed by atoms with E-state index in [1.165, 1.54) is 25.9 Å². The third-order valence-corrected chi connectivity index (χ3v) is 7.54. The largest absolute Gasteiger partial charge is 0.561 e. The molecule has 0 aromatic rings. The van der Waals surface area contributed by atoms with Crippen LogP contribution in [0.1, 0.15) is 26.2 Å². The van der Waals surface area contributed by atoms with Gasteiger partial charge in [0.15, 0.2) is 5.67 Å². The Bertz CT molecular complexity index is 207. The van der Waals surface area contributed by atoms with E-state index in [-0.39, 0.29) is 0 Å². The Morgan fingerprint density at radius 3 is 1.81 bits per heavy atom. The van der Waals surface area contributed by atoms with Gasteiger partial charge in [-0.1, -0.05) is 6.92 Å². The molecule has 0 radical (unpaired) electrons. The molecule has 4 nitrogen and oxygen atoms in total. The Hall–Kier alpha value is 0.0569. The predicted octanol–water partition coefficient (Wildman–Crippen LogP) is 1.42. The van der Waals surface area contributed by atoms with Crippen molar-refractivity contribution in [1.82, 2.24) is 0 Å². The van der Waals surface area contributed by atoms with Crippen molar-refractivity contribution in [2.24, 2.45) is 0 Å². The van der Waals surface area contributed by atoms with Crippen LogP contribution < -0.4 is 0 Å². The lowest BCUT2D eigenvalue weighted by molar-refractivity contribution is -0.913. The molecule has 1 rings (SSSR count). The topological polar surface area (TPSA) is 27.7 Å². The Morgan fingerprint density at radius 2 is 1.50 bits per heavy atom. The first-order chi connectivity index (χ1) is 7.58. The molecule has 16 heavy (non-hydrogen) atoms. The maximum absolute atomic E-state index is 5.65. The molecule has 1 aliphatic heterocycles. The first-order valence-corrected chi connectivity index (χ1v) is 7.88. The van der Waals surface area contributed by atoms with Crippen LogP contribution in [0.4, 0.5) is 0 Å². The zero-order valence-electron chi connectivity index (χ0n) is 11.3. The fourth-order valence-electron chi connectivity index (χ4n) is 3.10. The van der Waals surface area contributed by atoms with E-state index in [4.69, 9.17) is 13.3 Å². The Labute approximate surface area is 100 Å². The van der Waals surface area contributed by atoms with E-state index in [1.54, 1.807) is 21.3 Å². The maximum atomic E-state index is 5.65. The Kier molecular flexibility index (Phi) is 4.94. The highest BCUT2D eigenvalue weighted by Gasteiger charge is 2.57. The van der Waals surface area contributed by atoms with Crippen LogP contribution in [-0.2, 0) is 13.3 Å².